The van der Waals surface area contributed by atoms with Crippen LogP contribution in [-0.2, 0) is 0 Å². The second kappa shape index (κ2) is 3.37. The Labute approximate surface area is 61.4 Å². The highest BCUT2D eigenvalue weighted by Crippen LogP contribution is 2.04. The van der Waals surface area contributed by atoms with E-state index in [0.29, 0.717) is 5.92 Å². The van der Waals surface area contributed by atoms with Crippen LogP contribution >= 0.6 is 0 Å². The summed E-state index contributed by atoms with van der Waals surface area (Å²) in [5, 5.41) is 9.12. The molecular weight excluding hydrogens is 124 g/mol. The molecule has 0 aromatic rings. The monoisotopic (exact) mass is 136 g/mol. The summed E-state index contributed by atoms with van der Waals surface area (Å²) in [6.07, 6.45) is 11.0. The Hall–Kier alpha value is -0.820. The third-order valence-corrected chi connectivity index (χ3v) is 1.45. The van der Waals surface area contributed by atoms with Gasteiger partial charge in [-0.05, 0) is 5.92 Å². The molecule has 0 aromatic carbocycles. The van der Waals surface area contributed by atoms with E-state index in [1.807, 2.05) is 18.2 Å². The van der Waals surface area contributed by atoms with E-state index in [2.05, 4.69) is 13.0 Å². The van der Waals surface area contributed by atoms with Crippen molar-refractivity contribution < 1.29 is 5.11 Å². The molecule has 0 fully saturated rings. The number of aliphatic hydroxyl groups excluding tert-OH is 1. The van der Waals surface area contributed by atoms with Crippen LogP contribution in [0.4, 0.5) is 0 Å². The number of aliphatic hydroxyl groups is 1. The first kappa shape index (κ1) is 7.29. The zero-order valence-electron chi connectivity index (χ0n) is 6.07. The van der Waals surface area contributed by atoms with Gasteiger partial charge in [0, 0.05) is 0 Å². The van der Waals surface area contributed by atoms with Gasteiger partial charge in [-0.25, -0.2) is 0 Å². The first-order valence-electron chi connectivity index (χ1n) is 3.50. The summed E-state index contributed by atoms with van der Waals surface area (Å²) < 4.78 is 0. The molecule has 0 heterocycles. The molecule has 1 nitrogen and oxygen atoms in total. The average Bonchev–Trinajstić information content (AvgIpc) is 1.90. The molecule has 0 spiro atoms. The Morgan fingerprint density at radius 3 is 2.50 bits per heavy atom. The second-order valence-corrected chi connectivity index (χ2v) is 2.50. The molecule has 2 atom stereocenters. The predicted molar refractivity (Wildman–Crippen MR) is 42.6 cm³/mol. The van der Waals surface area contributed by atoms with Gasteiger partial charge >= 0.3 is 0 Å². The zero-order valence-corrected chi connectivity index (χ0v) is 6.07. The van der Waals surface area contributed by atoms with E-state index in [0.717, 1.165) is 0 Å². The predicted octanol–water partition coefficient (Wildman–Crippen LogP) is 1.67. The molecule has 10 heavy (non-hydrogen) atoms. The molecule has 54 valence electrons. The lowest BCUT2D eigenvalue weighted by Crippen LogP contribution is -1.98. The van der Waals surface area contributed by atoms with Crippen molar-refractivity contribution >= 4 is 0 Å². The van der Waals surface area contributed by atoms with E-state index in [9.17, 15) is 0 Å². The van der Waals surface area contributed by atoms with Crippen LogP contribution in [0.1, 0.15) is 6.92 Å². The molecule has 0 bridgehead atoms. The smallest absolute Gasteiger partial charge is 0.0905 e. The van der Waals surface area contributed by atoms with Crippen LogP contribution < -0.4 is 0 Å². The normalized spacial score (nSPS) is 35.0. The molecule has 0 aromatic heterocycles. The van der Waals surface area contributed by atoms with Crippen LogP contribution in [0.5, 0.6) is 0 Å². The van der Waals surface area contributed by atoms with Crippen molar-refractivity contribution in [3.63, 3.8) is 0 Å². The topological polar surface area (TPSA) is 20.2 Å². The molecule has 1 heteroatoms. The van der Waals surface area contributed by atoms with Crippen molar-refractivity contribution in [2.45, 2.75) is 13.0 Å². The lowest BCUT2D eigenvalue weighted by atomic mass is 10.1. The van der Waals surface area contributed by atoms with E-state index in [1.54, 1.807) is 12.2 Å². The largest absolute Gasteiger partial charge is 0.385 e. The Morgan fingerprint density at radius 1 is 1.00 bits per heavy atom. The van der Waals surface area contributed by atoms with Gasteiger partial charge in [0.15, 0.2) is 0 Å². The fourth-order valence-electron chi connectivity index (χ4n) is 0.835. The fraction of sp³-hybridized carbons (Fsp3) is 0.333. The summed E-state index contributed by atoms with van der Waals surface area (Å²) in [7, 11) is 0. The fourth-order valence-corrected chi connectivity index (χ4v) is 0.835. The maximum atomic E-state index is 9.12. The van der Waals surface area contributed by atoms with Gasteiger partial charge in [0.05, 0.1) is 6.10 Å². The summed E-state index contributed by atoms with van der Waals surface area (Å²) in [5.74, 6) is 0.430. The first-order chi connectivity index (χ1) is 4.79. The van der Waals surface area contributed by atoms with Gasteiger partial charge in [-0.2, -0.15) is 0 Å². The number of allylic oxidation sites excluding steroid dienone is 4. The van der Waals surface area contributed by atoms with Gasteiger partial charge in [-0.1, -0.05) is 43.4 Å². The maximum Gasteiger partial charge on any atom is 0.0905 e. The Morgan fingerprint density at radius 2 is 1.70 bits per heavy atom. The quantitative estimate of drug-likeness (QED) is 0.502. The molecule has 0 amide bonds. The summed E-state index contributed by atoms with van der Waals surface area (Å²) in [6, 6.07) is 0. The van der Waals surface area contributed by atoms with E-state index < -0.39 is 6.10 Å². The van der Waals surface area contributed by atoms with Crippen LogP contribution in [-0.4, -0.2) is 11.2 Å². The Bertz CT molecular complexity index is 157. The standard InChI is InChI=1S/C9H12O/c1-8-4-2-3-5-9(10)7-6-8/h2-10H,1H3/b4-2-,5-3?,7-6?/t8-,9-/m1/s1. The highest BCUT2D eigenvalue weighted by Gasteiger charge is 1.95. The maximum absolute atomic E-state index is 9.12. The minimum absolute atomic E-state index is 0.410. The molecule has 0 radical (unpaired) electrons. The molecule has 0 unspecified atom stereocenters. The number of hydrogen-bond donors (Lipinski definition) is 1. The third kappa shape index (κ3) is 2.19. The van der Waals surface area contributed by atoms with Crippen molar-refractivity contribution in [3.05, 3.63) is 36.5 Å². The number of rotatable bonds is 0. The van der Waals surface area contributed by atoms with Gasteiger partial charge in [0.25, 0.3) is 0 Å². The summed E-state index contributed by atoms with van der Waals surface area (Å²) in [6.45, 7) is 2.08. The highest BCUT2D eigenvalue weighted by molar-refractivity contribution is 5.15. The van der Waals surface area contributed by atoms with Gasteiger partial charge < -0.3 is 5.11 Å². The Balaban J connectivity index is 2.70. The molecule has 0 saturated heterocycles. The minimum Gasteiger partial charge on any atom is -0.385 e. The van der Waals surface area contributed by atoms with Gasteiger partial charge in [0.1, 0.15) is 0 Å². The molecule has 0 saturated carbocycles. The molecule has 1 rings (SSSR count). The second-order valence-electron chi connectivity index (χ2n) is 2.50. The molecular formula is C9H12O. The van der Waals surface area contributed by atoms with Crippen LogP contribution in [0, 0.1) is 5.92 Å². The van der Waals surface area contributed by atoms with Gasteiger partial charge in [-0.3, -0.25) is 0 Å². The van der Waals surface area contributed by atoms with Gasteiger partial charge in [0.2, 0.25) is 0 Å². The highest BCUT2D eigenvalue weighted by atomic mass is 16.3. The Kier molecular flexibility index (Phi) is 2.46. The minimum atomic E-state index is -0.410. The third-order valence-electron chi connectivity index (χ3n) is 1.45. The number of hydrogen-bond acceptors (Lipinski definition) is 1. The van der Waals surface area contributed by atoms with Crippen molar-refractivity contribution in [2.24, 2.45) is 5.92 Å². The molecule has 1 aliphatic carbocycles. The van der Waals surface area contributed by atoms with Crippen LogP contribution in [0.25, 0.3) is 0 Å². The summed E-state index contributed by atoms with van der Waals surface area (Å²) >= 11 is 0. The zero-order chi connectivity index (χ0) is 7.40. The van der Waals surface area contributed by atoms with E-state index >= 15 is 0 Å². The SMILES string of the molecule is C[C@H]1C=C[C@H](O)C=C/C=C\1. The van der Waals surface area contributed by atoms with E-state index in [4.69, 9.17) is 5.11 Å². The van der Waals surface area contributed by atoms with Crippen molar-refractivity contribution in [1.29, 1.82) is 0 Å². The average molecular weight is 136 g/mol. The molecule has 1 aliphatic rings. The first-order valence-corrected chi connectivity index (χ1v) is 3.50. The molecule has 0 aliphatic heterocycles. The van der Waals surface area contributed by atoms with Crippen LogP contribution in [0.15, 0.2) is 36.5 Å². The lowest BCUT2D eigenvalue weighted by Gasteiger charge is -2.02. The van der Waals surface area contributed by atoms with E-state index in [-0.39, 0.29) is 0 Å². The van der Waals surface area contributed by atoms with Crippen molar-refractivity contribution in [3.8, 4) is 0 Å². The molecule has 1 N–H and O–H groups in total. The summed E-state index contributed by atoms with van der Waals surface area (Å²) in [5.41, 5.74) is 0. The van der Waals surface area contributed by atoms with Crippen molar-refractivity contribution in [1.82, 2.24) is 0 Å². The van der Waals surface area contributed by atoms with Gasteiger partial charge in [-0.15, -0.1) is 0 Å². The lowest BCUT2D eigenvalue weighted by molar-refractivity contribution is 0.271. The van der Waals surface area contributed by atoms with Crippen molar-refractivity contribution in [2.75, 3.05) is 0 Å². The van der Waals surface area contributed by atoms with Crippen LogP contribution in [0.2, 0.25) is 0 Å². The van der Waals surface area contributed by atoms with Crippen LogP contribution in [0.3, 0.4) is 0 Å². The summed E-state index contributed by atoms with van der Waals surface area (Å²) in [4.78, 5) is 0. The van der Waals surface area contributed by atoms with E-state index in [1.165, 1.54) is 0 Å².